The number of rotatable bonds is 8. The molecule has 2 N–H and O–H groups in total. The normalized spacial score (nSPS) is 18.8. The fourth-order valence-corrected chi connectivity index (χ4v) is 6.93. The van der Waals surface area contributed by atoms with E-state index >= 15 is 0 Å². The van der Waals surface area contributed by atoms with Crippen molar-refractivity contribution in [2.45, 2.75) is 49.8 Å². The summed E-state index contributed by atoms with van der Waals surface area (Å²) in [5.74, 6) is -0.00393. The van der Waals surface area contributed by atoms with E-state index in [1.165, 1.54) is 24.7 Å². The van der Waals surface area contributed by atoms with Crippen molar-refractivity contribution in [2.24, 2.45) is 11.7 Å². The fraction of sp³-hybridized carbons (Fsp3) is 0.324. The number of carbonyl (C=O) groups is 2. The van der Waals surface area contributed by atoms with Gasteiger partial charge in [0.1, 0.15) is 22.9 Å². The molecule has 3 fully saturated rings. The number of nitrogens with zero attached hydrogens (tertiary/aromatic N) is 7. The summed E-state index contributed by atoms with van der Waals surface area (Å²) in [4.78, 5) is 46.7. The third-order valence-corrected chi connectivity index (χ3v) is 9.87. The number of pyridine rings is 2. The highest BCUT2D eigenvalue weighted by atomic mass is 35.5. The van der Waals surface area contributed by atoms with Crippen LogP contribution >= 0.6 is 11.6 Å². The van der Waals surface area contributed by atoms with Gasteiger partial charge in [-0.25, -0.2) is 24.0 Å². The predicted molar refractivity (Wildman–Crippen MR) is 171 cm³/mol. The lowest BCUT2D eigenvalue weighted by Gasteiger charge is -2.46. The van der Waals surface area contributed by atoms with E-state index in [0.717, 1.165) is 25.7 Å². The highest BCUT2D eigenvalue weighted by molar-refractivity contribution is 6.30. The number of carbonyl (C=O) groups excluding carboxylic acids is 2. The number of amides is 2. The molecule has 12 nitrogen and oxygen atoms in total. The van der Waals surface area contributed by atoms with Crippen molar-refractivity contribution >= 4 is 40.1 Å². The van der Waals surface area contributed by atoms with Crippen LogP contribution in [0.4, 0.5) is 10.1 Å². The largest absolute Gasteiger partial charge is 0.470 e. The zero-order valence-electron chi connectivity index (χ0n) is 25.5. The van der Waals surface area contributed by atoms with Crippen molar-refractivity contribution in [2.75, 3.05) is 18.1 Å². The lowest BCUT2D eigenvalue weighted by Crippen LogP contribution is -2.66. The van der Waals surface area contributed by atoms with Gasteiger partial charge in [-0.2, -0.15) is 5.10 Å². The lowest BCUT2D eigenvalue weighted by atomic mass is 9.92. The molecule has 48 heavy (non-hydrogen) atoms. The van der Waals surface area contributed by atoms with Crippen LogP contribution in [0.15, 0.2) is 55.1 Å². The molecule has 14 heteroatoms. The number of nitrogens with two attached hydrogens (primary N) is 1. The molecular formula is C34H28ClFN8O4. The molecule has 2 saturated carbocycles. The maximum absolute atomic E-state index is 13.8. The fourth-order valence-electron chi connectivity index (χ4n) is 6.83. The van der Waals surface area contributed by atoms with Crippen LogP contribution in [0.2, 0.25) is 5.02 Å². The molecule has 2 amide bonds. The van der Waals surface area contributed by atoms with Crippen molar-refractivity contribution in [3.63, 3.8) is 0 Å². The van der Waals surface area contributed by atoms with Crippen LogP contribution in [-0.2, 0) is 28.0 Å². The zero-order valence-corrected chi connectivity index (χ0v) is 26.3. The number of aromatic nitrogens is 6. The van der Waals surface area contributed by atoms with Gasteiger partial charge in [-0.3, -0.25) is 19.5 Å². The Morgan fingerprint density at radius 1 is 1.06 bits per heavy atom. The highest BCUT2D eigenvalue weighted by Gasteiger charge is 2.55. The second-order valence-electron chi connectivity index (χ2n) is 13.0. The Morgan fingerprint density at radius 2 is 1.85 bits per heavy atom. The van der Waals surface area contributed by atoms with E-state index in [1.54, 1.807) is 23.2 Å². The summed E-state index contributed by atoms with van der Waals surface area (Å²) in [6.07, 6.45) is 10.1. The van der Waals surface area contributed by atoms with E-state index < -0.39 is 22.9 Å². The Bertz CT molecular complexity index is 2140. The second kappa shape index (κ2) is 10.5. The lowest BCUT2D eigenvalue weighted by molar-refractivity contribution is -0.181. The van der Waals surface area contributed by atoms with Crippen molar-refractivity contribution < 1.29 is 23.5 Å². The van der Waals surface area contributed by atoms with Crippen LogP contribution in [-0.4, -0.2) is 60.3 Å². The molecule has 0 unspecified atom stereocenters. The first-order valence-electron chi connectivity index (χ1n) is 15.8. The summed E-state index contributed by atoms with van der Waals surface area (Å²) in [6.45, 7) is 0.284. The van der Waals surface area contributed by atoms with Crippen molar-refractivity contribution in [3.8, 4) is 16.9 Å². The minimum absolute atomic E-state index is 0.0946. The van der Waals surface area contributed by atoms with E-state index in [-0.39, 0.29) is 25.7 Å². The summed E-state index contributed by atoms with van der Waals surface area (Å²) in [7, 11) is 0. The van der Waals surface area contributed by atoms with E-state index in [1.807, 2.05) is 16.8 Å². The molecule has 9 rings (SSSR count). The maximum atomic E-state index is 13.8. The standard InChI is InChI=1S/C34H28ClFN8O4/c35-20-11-39-27(40-12-20)15-43-24-5-3-19(10-25(24)48-34(32(43)46)16-47-17-34)28-22-14-41-44(33(7-8-33)26-6-4-21(36)13-38-26)31(22)42-23(9-18-1-2-18)29(28)30(37)45/h3-6,10-14,18H,1-2,7-9,15-17H2,(H2,37,45). The number of halogens is 2. The first-order valence-corrected chi connectivity index (χ1v) is 16.1. The Balaban J connectivity index is 1.21. The third-order valence-electron chi connectivity index (χ3n) is 9.67. The molecule has 0 atom stereocenters. The Hall–Kier alpha value is -5.01. The summed E-state index contributed by atoms with van der Waals surface area (Å²) >= 11 is 6.00. The first-order chi connectivity index (χ1) is 23.2. The number of hydrogen-bond acceptors (Lipinski definition) is 9. The van der Waals surface area contributed by atoms with Gasteiger partial charge in [0.15, 0.2) is 5.65 Å². The SMILES string of the molecule is NC(=O)c1c(CC2CC2)nc2c(cnn2C2(c3ccc(F)cn3)CC2)c1-c1ccc2c(c1)OC1(COC1)C(=O)N2Cc1ncc(Cl)cn1. The monoisotopic (exact) mass is 666 g/mol. The van der Waals surface area contributed by atoms with E-state index in [4.69, 9.17) is 36.9 Å². The van der Waals surface area contributed by atoms with E-state index in [2.05, 4.69) is 15.0 Å². The van der Waals surface area contributed by atoms with Crippen LogP contribution < -0.4 is 15.4 Å². The molecule has 0 radical (unpaired) electrons. The molecule has 6 heterocycles. The molecular weight excluding hydrogens is 639 g/mol. The average Bonchev–Trinajstić information content (AvgIpc) is 4.00. The van der Waals surface area contributed by atoms with Gasteiger partial charge in [-0.05, 0) is 67.9 Å². The predicted octanol–water partition coefficient (Wildman–Crippen LogP) is 4.36. The minimum Gasteiger partial charge on any atom is -0.470 e. The number of ether oxygens (including phenoxy) is 2. The van der Waals surface area contributed by atoms with Gasteiger partial charge in [0, 0.05) is 23.3 Å². The van der Waals surface area contributed by atoms with Gasteiger partial charge < -0.3 is 15.2 Å². The maximum Gasteiger partial charge on any atom is 0.276 e. The van der Waals surface area contributed by atoms with Crippen molar-refractivity contribution in [3.05, 3.63) is 88.7 Å². The van der Waals surface area contributed by atoms with Crippen LogP contribution in [0, 0.1) is 11.7 Å². The number of primary amides is 1. The summed E-state index contributed by atoms with van der Waals surface area (Å²) in [6, 6.07) is 8.54. The van der Waals surface area contributed by atoms with Crippen LogP contribution in [0.1, 0.15) is 53.3 Å². The summed E-state index contributed by atoms with van der Waals surface area (Å²) < 4.78 is 27.5. The van der Waals surface area contributed by atoms with Crippen molar-refractivity contribution in [1.82, 2.24) is 29.7 Å². The molecule has 0 bridgehead atoms. The molecule has 1 saturated heterocycles. The smallest absolute Gasteiger partial charge is 0.276 e. The highest BCUT2D eigenvalue weighted by Crippen LogP contribution is 2.51. The molecule has 242 valence electrons. The molecule has 2 aliphatic heterocycles. The Labute approximate surface area is 278 Å². The Morgan fingerprint density at radius 3 is 2.50 bits per heavy atom. The topological polar surface area (TPSA) is 151 Å². The molecule has 2 aliphatic carbocycles. The zero-order chi connectivity index (χ0) is 32.8. The third kappa shape index (κ3) is 4.55. The number of anilines is 1. The molecule has 5 aromatic rings. The number of benzene rings is 1. The van der Waals surface area contributed by atoms with Crippen molar-refractivity contribution in [1.29, 1.82) is 0 Å². The Kier molecular flexibility index (Phi) is 6.37. The summed E-state index contributed by atoms with van der Waals surface area (Å²) in [5, 5.41) is 5.83. The van der Waals surface area contributed by atoms with Gasteiger partial charge in [-0.15, -0.1) is 0 Å². The molecule has 1 spiro atoms. The van der Waals surface area contributed by atoms with Gasteiger partial charge in [0.2, 0.25) is 5.60 Å². The number of fused-ring (bicyclic) bond motifs is 2. The summed E-state index contributed by atoms with van der Waals surface area (Å²) in [5.41, 5.74) is 8.35. The first kappa shape index (κ1) is 29.2. The number of hydrogen-bond donors (Lipinski definition) is 1. The van der Waals surface area contributed by atoms with Gasteiger partial charge in [0.25, 0.3) is 11.8 Å². The van der Waals surface area contributed by atoms with Gasteiger partial charge in [0.05, 0.1) is 59.8 Å². The van der Waals surface area contributed by atoms with Gasteiger partial charge >= 0.3 is 0 Å². The average molecular weight is 667 g/mol. The van der Waals surface area contributed by atoms with Gasteiger partial charge in [-0.1, -0.05) is 17.7 Å². The second-order valence-corrected chi connectivity index (χ2v) is 13.4. The molecule has 4 aliphatic rings. The van der Waals surface area contributed by atoms with Crippen LogP contribution in [0.25, 0.3) is 22.2 Å². The van der Waals surface area contributed by atoms with E-state index in [0.29, 0.717) is 73.7 Å². The quantitative estimate of drug-likeness (QED) is 0.255. The minimum atomic E-state index is -1.19. The molecule has 1 aromatic carbocycles. The van der Waals surface area contributed by atoms with Crippen LogP contribution in [0.5, 0.6) is 5.75 Å². The van der Waals surface area contributed by atoms with Crippen LogP contribution in [0.3, 0.4) is 0 Å². The van der Waals surface area contributed by atoms with E-state index in [9.17, 15) is 14.0 Å². The molecule has 4 aromatic heterocycles.